The summed E-state index contributed by atoms with van der Waals surface area (Å²) in [7, 11) is 0. The number of benzene rings is 1. The molecule has 2 aromatic heterocycles. The molecular formula is C21H24ClN5O2. The zero-order valence-electron chi connectivity index (χ0n) is 16.2. The fraction of sp³-hybridized carbons (Fsp3) is 0.381. The van der Waals surface area contributed by atoms with E-state index in [-0.39, 0.29) is 6.04 Å². The van der Waals surface area contributed by atoms with E-state index in [0.717, 1.165) is 35.1 Å². The van der Waals surface area contributed by atoms with Gasteiger partial charge in [0.05, 0.1) is 36.7 Å². The molecule has 4 rings (SSSR count). The molecule has 1 fully saturated rings. The smallest absolute Gasteiger partial charge is 0.312 e. The number of ether oxygens (including phenoxy) is 1. The number of hydrogen-bond donors (Lipinski definition) is 2. The van der Waals surface area contributed by atoms with E-state index in [9.17, 15) is 4.79 Å². The summed E-state index contributed by atoms with van der Waals surface area (Å²) in [5, 5.41) is 8.69. The monoisotopic (exact) mass is 413 g/mol. The Morgan fingerprint density at radius 3 is 2.93 bits per heavy atom. The molecule has 3 aromatic rings. The quantitative estimate of drug-likeness (QED) is 0.551. The number of pyridine rings is 1. The molecule has 0 bridgehead atoms. The Morgan fingerprint density at radius 2 is 2.21 bits per heavy atom. The highest BCUT2D eigenvalue weighted by Crippen LogP contribution is 2.49. The highest BCUT2D eigenvalue weighted by Gasteiger charge is 2.41. The van der Waals surface area contributed by atoms with Gasteiger partial charge in [-0.05, 0) is 30.9 Å². The maximum Gasteiger partial charge on any atom is 0.312 e. The van der Waals surface area contributed by atoms with Crippen LogP contribution in [0.1, 0.15) is 36.6 Å². The zero-order chi connectivity index (χ0) is 20.4. The molecule has 8 heteroatoms. The number of amides is 2. The van der Waals surface area contributed by atoms with Gasteiger partial charge in [-0.15, -0.1) is 0 Å². The number of nitrogens with one attached hydrogen (secondary N) is 1. The number of nitrogens with zero attached hydrogens (tertiary/aromatic N) is 3. The molecule has 1 aromatic carbocycles. The molecule has 152 valence electrons. The van der Waals surface area contributed by atoms with Gasteiger partial charge in [0.1, 0.15) is 5.15 Å². The number of nitrogens with two attached hydrogens (primary N) is 1. The van der Waals surface area contributed by atoms with Crippen molar-refractivity contribution in [1.82, 2.24) is 20.1 Å². The Balaban J connectivity index is 1.41. The van der Waals surface area contributed by atoms with Gasteiger partial charge in [0.15, 0.2) is 0 Å². The third-order valence-electron chi connectivity index (χ3n) is 5.32. The molecule has 3 N–H and O–H groups in total. The molecule has 1 saturated carbocycles. The second-order valence-electron chi connectivity index (χ2n) is 7.34. The summed E-state index contributed by atoms with van der Waals surface area (Å²) in [5.41, 5.74) is 8.34. The van der Waals surface area contributed by atoms with Gasteiger partial charge in [0, 0.05) is 17.8 Å². The molecule has 2 unspecified atom stereocenters. The molecule has 2 heterocycles. The van der Waals surface area contributed by atoms with E-state index in [2.05, 4.69) is 22.3 Å². The van der Waals surface area contributed by atoms with Crippen molar-refractivity contribution in [2.75, 3.05) is 13.2 Å². The predicted octanol–water partition coefficient (Wildman–Crippen LogP) is 3.63. The fourth-order valence-electron chi connectivity index (χ4n) is 3.79. The third kappa shape index (κ3) is 4.36. The van der Waals surface area contributed by atoms with E-state index < -0.39 is 6.03 Å². The molecule has 2 amide bonds. The minimum absolute atomic E-state index is 0.275. The first-order valence-electron chi connectivity index (χ1n) is 9.77. The van der Waals surface area contributed by atoms with Gasteiger partial charge in [-0.25, -0.2) is 9.78 Å². The van der Waals surface area contributed by atoms with Gasteiger partial charge >= 0.3 is 6.03 Å². The molecule has 1 aliphatic carbocycles. The number of aromatic nitrogens is 3. The normalized spacial score (nSPS) is 19.2. The number of carbonyl (C=O) groups excluding carboxylic acids is 1. The molecule has 0 radical (unpaired) electrons. The summed E-state index contributed by atoms with van der Waals surface area (Å²) < 4.78 is 7.92. The van der Waals surface area contributed by atoms with E-state index in [1.54, 1.807) is 0 Å². The number of rotatable bonds is 8. The highest BCUT2D eigenvalue weighted by molar-refractivity contribution is 6.30. The molecule has 0 aliphatic heterocycles. The Labute approximate surface area is 174 Å². The first-order chi connectivity index (χ1) is 14.1. The lowest BCUT2D eigenvalue weighted by atomic mass is 10.1. The first-order valence-corrected chi connectivity index (χ1v) is 10.1. The highest BCUT2D eigenvalue weighted by atomic mass is 35.5. The van der Waals surface area contributed by atoms with Crippen LogP contribution in [0.5, 0.6) is 0 Å². The summed E-state index contributed by atoms with van der Waals surface area (Å²) in [4.78, 5) is 15.9. The van der Waals surface area contributed by atoms with Crippen LogP contribution in [0.4, 0.5) is 4.79 Å². The van der Waals surface area contributed by atoms with Gasteiger partial charge in [-0.1, -0.05) is 41.9 Å². The predicted molar refractivity (Wildman–Crippen MR) is 112 cm³/mol. The van der Waals surface area contributed by atoms with Crippen molar-refractivity contribution >= 4 is 28.5 Å². The molecule has 3 atom stereocenters. The second-order valence-corrected chi connectivity index (χ2v) is 7.73. The van der Waals surface area contributed by atoms with Gasteiger partial charge in [0.25, 0.3) is 0 Å². The van der Waals surface area contributed by atoms with E-state index in [1.165, 1.54) is 0 Å². The van der Waals surface area contributed by atoms with Gasteiger partial charge in [-0.2, -0.15) is 5.10 Å². The van der Waals surface area contributed by atoms with E-state index in [0.29, 0.717) is 30.2 Å². The van der Waals surface area contributed by atoms with Crippen LogP contribution in [0.15, 0.2) is 42.6 Å². The van der Waals surface area contributed by atoms with E-state index >= 15 is 0 Å². The lowest BCUT2D eigenvalue weighted by Gasteiger charge is -2.18. The molecule has 0 saturated heterocycles. The average molecular weight is 414 g/mol. The Bertz CT molecular complexity index is 1010. The van der Waals surface area contributed by atoms with E-state index in [4.69, 9.17) is 22.1 Å². The number of fused-ring (bicyclic) bond motifs is 1. The minimum atomic E-state index is -0.565. The summed E-state index contributed by atoms with van der Waals surface area (Å²) in [6, 6.07) is 10.7. The minimum Gasteiger partial charge on any atom is -0.379 e. The van der Waals surface area contributed by atoms with Crippen LogP contribution >= 0.6 is 11.6 Å². The summed E-state index contributed by atoms with van der Waals surface area (Å²) in [6.45, 7) is 3.80. The third-order valence-corrected chi connectivity index (χ3v) is 5.51. The maximum atomic E-state index is 11.3. The zero-order valence-corrected chi connectivity index (χ0v) is 17.0. The summed E-state index contributed by atoms with van der Waals surface area (Å²) >= 11 is 6.23. The van der Waals surface area contributed by atoms with Crippen LogP contribution in [-0.4, -0.2) is 34.0 Å². The van der Waals surface area contributed by atoms with Crippen LogP contribution in [0.3, 0.4) is 0 Å². The molecule has 29 heavy (non-hydrogen) atoms. The van der Waals surface area contributed by atoms with Crippen molar-refractivity contribution in [1.29, 1.82) is 0 Å². The number of carbonyl (C=O) groups is 1. The number of primary amides is 1. The number of halogens is 1. The lowest BCUT2D eigenvalue weighted by Crippen LogP contribution is -2.35. The van der Waals surface area contributed by atoms with Crippen LogP contribution in [0.2, 0.25) is 5.15 Å². The maximum absolute atomic E-state index is 11.3. The van der Waals surface area contributed by atoms with Gasteiger partial charge in [0.2, 0.25) is 0 Å². The van der Waals surface area contributed by atoms with Crippen LogP contribution in [0, 0.1) is 5.92 Å². The van der Waals surface area contributed by atoms with Crippen molar-refractivity contribution in [2.24, 2.45) is 11.7 Å². The Kier molecular flexibility index (Phi) is 5.69. The van der Waals surface area contributed by atoms with Crippen molar-refractivity contribution in [3.8, 4) is 0 Å². The number of hydrogen-bond acceptors (Lipinski definition) is 4. The van der Waals surface area contributed by atoms with Crippen molar-refractivity contribution in [3.05, 3.63) is 59.0 Å². The Morgan fingerprint density at radius 1 is 1.41 bits per heavy atom. The molecular weight excluding hydrogens is 390 g/mol. The van der Waals surface area contributed by atoms with Gasteiger partial charge in [-0.3, -0.25) is 4.68 Å². The standard InChI is InChI=1S/C21H24ClN5O2/c1-2-27-20-14(10-24-27)9-18(22)26-19(20)16-8-15(16)11-29-12-17(25-21(23)28)13-6-4-3-5-7-13/h3-7,9-10,15-17H,2,8,11-12H2,1H3,(H3,23,25,28)/t15?,16?,17-/m1/s1. The molecule has 1 aliphatic rings. The van der Waals surface area contributed by atoms with Crippen LogP contribution in [0.25, 0.3) is 10.9 Å². The van der Waals surface area contributed by atoms with E-state index in [1.807, 2.05) is 47.3 Å². The van der Waals surface area contributed by atoms with Crippen molar-refractivity contribution in [2.45, 2.75) is 31.8 Å². The largest absolute Gasteiger partial charge is 0.379 e. The molecule has 7 nitrogen and oxygen atoms in total. The van der Waals surface area contributed by atoms with Crippen molar-refractivity contribution < 1.29 is 9.53 Å². The van der Waals surface area contributed by atoms with Crippen LogP contribution in [-0.2, 0) is 11.3 Å². The SMILES string of the molecule is CCn1ncc2cc(Cl)nc(C3CC3COC[C@@H](NC(N)=O)c3ccccc3)c21. The first kappa shape index (κ1) is 19.7. The summed E-state index contributed by atoms with van der Waals surface area (Å²) in [6.07, 6.45) is 2.83. The topological polar surface area (TPSA) is 95.1 Å². The van der Waals surface area contributed by atoms with Crippen molar-refractivity contribution in [3.63, 3.8) is 0 Å². The fourth-order valence-corrected chi connectivity index (χ4v) is 4.00. The lowest BCUT2D eigenvalue weighted by molar-refractivity contribution is 0.103. The average Bonchev–Trinajstić information content (AvgIpc) is 3.36. The number of urea groups is 1. The second kappa shape index (κ2) is 8.39. The number of aryl methyl sites for hydroxylation is 1. The summed E-state index contributed by atoms with van der Waals surface area (Å²) in [5.74, 6) is 0.673. The van der Waals surface area contributed by atoms with Gasteiger partial charge < -0.3 is 15.8 Å². The molecule has 0 spiro atoms. The Hall–Kier alpha value is -2.64. The van der Waals surface area contributed by atoms with Crippen LogP contribution < -0.4 is 11.1 Å².